The molecular weight excluding hydrogens is 432 g/mol. The van der Waals surface area contributed by atoms with Gasteiger partial charge in [-0.25, -0.2) is 0 Å². The number of anilines is 1. The maximum atomic E-state index is 13.2. The highest BCUT2D eigenvalue weighted by Gasteiger charge is 2.49. The summed E-state index contributed by atoms with van der Waals surface area (Å²) in [5, 5.41) is 16.4. The number of aryl methyl sites for hydroxylation is 2. The number of oxime groups is 1. The molecule has 1 aliphatic heterocycles. The molecule has 4 rings (SSSR count). The largest absolute Gasteiger partial charge is 0.489 e. The molecule has 0 spiro atoms. The van der Waals surface area contributed by atoms with E-state index in [4.69, 9.17) is 9.57 Å². The molecule has 0 saturated heterocycles. The maximum Gasteiger partial charge on any atom is 0.308 e. The van der Waals surface area contributed by atoms with Crippen LogP contribution in [0.5, 0.6) is 5.75 Å². The topological polar surface area (TPSA) is 97.2 Å². The Balaban J connectivity index is 1.47. The van der Waals surface area contributed by atoms with Crippen LogP contribution in [0, 0.1) is 13.8 Å². The monoisotopic (exact) mass is 458 g/mol. The fourth-order valence-corrected chi connectivity index (χ4v) is 3.90. The van der Waals surface area contributed by atoms with Gasteiger partial charge in [-0.15, -0.1) is 0 Å². The number of hydrogen-bond acceptors (Lipinski definition) is 5. The van der Waals surface area contributed by atoms with E-state index in [2.05, 4.69) is 10.5 Å². The molecule has 3 aromatic rings. The highest BCUT2D eigenvalue weighted by atomic mass is 16.7. The highest BCUT2D eigenvalue weighted by Crippen LogP contribution is 2.33. The van der Waals surface area contributed by atoms with Crippen molar-refractivity contribution in [3.8, 4) is 5.75 Å². The Morgan fingerprint density at radius 1 is 1.00 bits per heavy atom. The Morgan fingerprint density at radius 3 is 2.32 bits per heavy atom. The lowest BCUT2D eigenvalue weighted by Crippen LogP contribution is -2.45. The zero-order chi connectivity index (χ0) is 24.1. The van der Waals surface area contributed by atoms with E-state index >= 15 is 0 Å². The second kappa shape index (κ2) is 9.79. The van der Waals surface area contributed by atoms with Crippen molar-refractivity contribution in [2.45, 2.75) is 38.9 Å². The number of carboxylic acid groups (broad SMARTS) is 1. The molecule has 34 heavy (non-hydrogen) atoms. The number of rotatable bonds is 8. The number of carbonyl (C=O) groups is 2. The summed E-state index contributed by atoms with van der Waals surface area (Å²) >= 11 is 0. The van der Waals surface area contributed by atoms with Gasteiger partial charge in [-0.2, -0.15) is 0 Å². The molecule has 174 valence electrons. The van der Waals surface area contributed by atoms with Crippen molar-refractivity contribution in [3.63, 3.8) is 0 Å². The summed E-state index contributed by atoms with van der Waals surface area (Å²) in [6.07, 6.45) is -0.463. The summed E-state index contributed by atoms with van der Waals surface area (Å²) in [4.78, 5) is 30.4. The third kappa shape index (κ3) is 5.09. The number of hydrogen-bond donors (Lipinski definition) is 2. The molecule has 2 N–H and O–H groups in total. The molecule has 7 heteroatoms. The number of benzene rings is 3. The van der Waals surface area contributed by atoms with Gasteiger partial charge in [0.15, 0.2) is 0 Å². The quantitative estimate of drug-likeness (QED) is 0.503. The predicted octanol–water partition coefficient (Wildman–Crippen LogP) is 4.86. The first kappa shape index (κ1) is 23.0. The van der Waals surface area contributed by atoms with E-state index in [9.17, 15) is 14.7 Å². The summed E-state index contributed by atoms with van der Waals surface area (Å²) in [5.41, 5.74) is 3.08. The van der Waals surface area contributed by atoms with E-state index in [-0.39, 0.29) is 6.42 Å². The second-order valence-corrected chi connectivity index (χ2v) is 8.39. The van der Waals surface area contributed by atoms with E-state index in [1.165, 1.54) is 0 Å². The minimum atomic E-state index is -1.63. The van der Waals surface area contributed by atoms with Crippen molar-refractivity contribution >= 4 is 23.3 Å². The molecule has 1 amide bonds. The van der Waals surface area contributed by atoms with Gasteiger partial charge >= 0.3 is 5.97 Å². The van der Waals surface area contributed by atoms with Crippen molar-refractivity contribution < 1.29 is 24.3 Å². The predicted molar refractivity (Wildman–Crippen MR) is 129 cm³/mol. The van der Waals surface area contributed by atoms with Crippen molar-refractivity contribution in [2.75, 3.05) is 5.32 Å². The number of nitrogens with zero attached hydrogens (tertiary/aromatic N) is 1. The lowest BCUT2D eigenvalue weighted by molar-refractivity contribution is -0.152. The highest BCUT2D eigenvalue weighted by molar-refractivity contribution is 6.09. The molecule has 0 aromatic heterocycles. The van der Waals surface area contributed by atoms with Gasteiger partial charge in [0.1, 0.15) is 12.4 Å². The van der Waals surface area contributed by atoms with E-state index in [0.717, 1.165) is 22.3 Å². The van der Waals surface area contributed by atoms with Crippen molar-refractivity contribution in [1.82, 2.24) is 0 Å². The van der Waals surface area contributed by atoms with E-state index < -0.39 is 23.9 Å². The van der Waals surface area contributed by atoms with Gasteiger partial charge in [-0.05, 0) is 60.4 Å². The van der Waals surface area contributed by atoms with Gasteiger partial charge in [0, 0.05) is 12.1 Å². The van der Waals surface area contributed by atoms with Crippen LogP contribution >= 0.6 is 0 Å². The Labute approximate surface area is 198 Å². The Bertz CT molecular complexity index is 1200. The molecule has 1 aliphatic rings. The minimum Gasteiger partial charge on any atom is -0.489 e. The smallest absolute Gasteiger partial charge is 0.308 e. The summed E-state index contributed by atoms with van der Waals surface area (Å²) in [6.45, 7) is 4.21. The zero-order valence-corrected chi connectivity index (χ0v) is 19.1. The van der Waals surface area contributed by atoms with Crippen LogP contribution in [0.3, 0.4) is 0 Å². The number of amides is 1. The summed E-state index contributed by atoms with van der Waals surface area (Å²) in [7, 11) is 0. The Kier molecular flexibility index (Phi) is 6.63. The van der Waals surface area contributed by atoms with Crippen LogP contribution in [0.15, 0.2) is 78.0 Å². The van der Waals surface area contributed by atoms with Crippen LogP contribution in [-0.2, 0) is 21.0 Å². The standard InChI is InChI=1S/C27H26N2O5/c1-18-7-6-8-19(2)25(18)28-26(32)27(16-24(30)31)15-23(29-34-27)21-11-13-22(14-12-21)33-17-20-9-4-3-5-10-20/h3-14H,15-17H2,1-2H3,(H,28,32)(H,30,31). The Morgan fingerprint density at radius 2 is 1.68 bits per heavy atom. The normalized spacial score (nSPS) is 16.9. The van der Waals surface area contributed by atoms with E-state index in [0.29, 0.717) is 23.8 Å². The van der Waals surface area contributed by atoms with E-state index in [1.54, 1.807) is 0 Å². The van der Waals surface area contributed by atoms with Gasteiger partial charge in [-0.1, -0.05) is 53.7 Å². The molecule has 7 nitrogen and oxygen atoms in total. The minimum absolute atomic E-state index is 0.0419. The first-order valence-corrected chi connectivity index (χ1v) is 11.0. The van der Waals surface area contributed by atoms with Crippen molar-refractivity contribution in [2.24, 2.45) is 5.16 Å². The van der Waals surface area contributed by atoms with Crippen molar-refractivity contribution in [1.29, 1.82) is 0 Å². The molecular formula is C27H26N2O5. The summed E-state index contributed by atoms with van der Waals surface area (Å²) in [6, 6.07) is 22.8. The molecule has 0 aliphatic carbocycles. The zero-order valence-electron chi connectivity index (χ0n) is 19.1. The Hall–Kier alpha value is -4.13. The van der Waals surface area contributed by atoms with Crippen LogP contribution in [-0.4, -0.2) is 28.3 Å². The van der Waals surface area contributed by atoms with Gasteiger partial charge in [0.25, 0.3) is 5.91 Å². The van der Waals surface area contributed by atoms with E-state index in [1.807, 2.05) is 86.6 Å². The van der Waals surface area contributed by atoms with Gasteiger partial charge in [0.2, 0.25) is 5.60 Å². The molecule has 3 aromatic carbocycles. The SMILES string of the molecule is Cc1cccc(C)c1NC(=O)C1(CC(=O)O)CC(c2ccc(OCc3ccccc3)cc2)=NO1. The number of carbonyl (C=O) groups excluding carboxylic acids is 1. The maximum absolute atomic E-state index is 13.2. The molecule has 0 fully saturated rings. The van der Waals surface area contributed by atoms with Crippen LogP contribution < -0.4 is 10.1 Å². The van der Waals surface area contributed by atoms with Crippen LogP contribution in [0.2, 0.25) is 0 Å². The molecule has 0 saturated carbocycles. The van der Waals surface area contributed by atoms with Gasteiger partial charge in [0.05, 0.1) is 12.1 Å². The van der Waals surface area contributed by atoms with Crippen LogP contribution in [0.4, 0.5) is 5.69 Å². The van der Waals surface area contributed by atoms with Crippen LogP contribution in [0.1, 0.15) is 35.1 Å². The van der Waals surface area contributed by atoms with Crippen molar-refractivity contribution in [3.05, 3.63) is 95.1 Å². The summed E-state index contributed by atoms with van der Waals surface area (Å²) < 4.78 is 5.82. The third-order valence-corrected chi connectivity index (χ3v) is 5.79. The third-order valence-electron chi connectivity index (χ3n) is 5.79. The number of carboxylic acids is 1. The molecule has 0 radical (unpaired) electrons. The number of nitrogens with one attached hydrogen (secondary N) is 1. The first-order chi connectivity index (χ1) is 16.4. The van der Waals surface area contributed by atoms with Crippen LogP contribution in [0.25, 0.3) is 0 Å². The molecule has 1 atom stereocenters. The fourth-order valence-electron chi connectivity index (χ4n) is 3.90. The number of aliphatic carboxylic acids is 1. The molecule has 1 heterocycles. The van der Waals surface area contributed by atoms with Gasteiger partial charge in [-0.3, -0.25) is 9.59 Å². The average molecular weight is 459 g/mol. The second-order valence-electron chi connectivity index (χ2n) is 8.39. The summed E-state index contributed by atoms with van der Waals surface area (Å²) in [5.74, 6) is -0.983. The first-order valence-electron chi connectivity index (χ1n) is 11.0. The lowest BCUT2D eigenvalue weighted by Gasteiger charge is -2.24. The molecule has 1 unspecified atom stereocenters. The number of para-hydroxylation sites is 1. The number of ether oxygens (including phenoxy) is 1. The average Bonchev–Trinajstić information content (AvgIpc) is 3.26. The fraction of sp³-hybridized carbons (Fsp3) is 0.222. The van der Waals surface area contributed by atoms with Gasteiger partial charge < -0.3 is 20.0 Å². The molecule has 0 bridgehead atoms. The lowest BCUT2D eigenvalue weighted by atomic mass is 9.89.